The van der Waals surface area contributed by atoms with Crippen LogP contribution in [0.5, 0.6) is 5.75 Å². The van der Waals surface area contributed by atoms with E-state index in [9.17, 15) is 19.6 Å². The van der Waals surface area contributed by atoms with Gasteiger partial charge in [0, 0.05) is 0 Å². The van der Waals surface area contributed by atoms with Crippen molar-refractivity contribution in [3.05, 3.63) is 43.0 Å². The highest BCUT2D eigenvalue weighted by atomic mass is 31.2. The Labute approximate surface area is 218 Å². The van der Waals surface area contributed by atoms with Crippen LogP contribution in [0.15, 0.2) is 43.0 Å². The van der Waals surface area contributed by atoms with E-state index in [0.717, 1.165) is 0 Å². The fourth-order valence-corrected chi connectivity index (χ4v) is 6.10. The normalized spacial score (nSPS) is 26.1. The summed E-state index contributed by atoms with van der Waals surface area (Å²) >= 11 is 0. The number of ether oxygens (including phenoxy) is 2. The highest BCUT2D eigenvalue weighted by Crippen LogP contribution is 2.52. The Hall–Kier alpha value is -3.13. The molecule has 0 aliphatic carbocycles. The number of hydrogen-bond acceptors (Lipinski definition) is 12. The second-order valence-electron chi connectivity index (χ2n) is 9.63. The highest BCUT2D eigenvalue weighted by Gasteiger charge is 2.59. The minimum absolute atomic E-state index is 0.136. The van der Waals surface area contributed by atoms with Crippen molar-refractivity contribution in [2.24, 2.45) is 0 Å². The number of carbonyl (C=O) groups excluding carboxylic acids is 1. The third kappa shape index (κ3) is 5.23. The number of benzene rings is 1. The standard InChI is InChI=1S/C23H31N6O8P/c1-13(20(31)34-5)28-38(33,36-14-9-7-6-8-10-14)37-22(2,3)17-16(30)23(4,32)21(35-17)29-12-27-15-18(24)25-11-26-19(15)29/h6-13,16-17,21,30,32H,1-5H3,(H,28,33)(H2,24,25,26)/t13-,16-,17+,21-,23-,38?/m1/s1. The zero-order valence-corrected chi connectivity index (χ0v) is 22.4. The van der Waals surface area contributed by atoms with Crippen LogP contribution in [0.2, 0.25) is 0 Å². The molecule has 15 heteroatoms. The summed E-state index contributed by atoms with van der Waals surface area (Å²) in [6, 6.07) is 7.15. The summed E-state index contributed by atoms with van der Waals surface area (Å²) in [5.41, 5.74) is 3.04. The summed E-state index contributed by atoms with van der Waals surface area (Å²) in [4.78, 5) is 24.3. The van der Waals surface area contributed by atoms with Gasteiger partial charge in [0.2, 0.25) is 0 Å². The molecule has 0 bridgehead atoms. The summed E-state index contributed by atoms with van der Waals surface area (Å²) in [6.45, 7) is 5.84. The number of hydrogen-bond donors (Lipinski definition) is 4. The molecule has 6 atom stereocenters. The van der Waals surface area contributed by atoms with Gasteiger partial charge in [-0.3, -0.25) is 13.9 Å². The number of imidazole rings is 1. The summed E-state index contributed by atoms with van der Waals surface area (Å²) in [5, 5.41) is 25.0. The minimum Gasteiger partial charge on any atom is -0.468 e. The lowest BCUT2D eigenvalue weighted by molar-refractivity contribution is -0.142. The van der Waals surface area contributed by atoms with Crippen molar-refractivity contribution in [1.82, 2.24) is 24.6 Å². The molecule has 2 aromatic heterocycles. The summed E-state index contributed by atoms with van der Waals surface area (Å²) in [6.07, 6.45) is -1.34. The first-order valence-electron chi connectivity index (χ1n) is 11.7. The Bertz CT molecular complexity index is 1350. The molecule has 38 heavy (non-hydrogen) atoms. The van der Waals surface area contributed by atoms with Crippen molar-refractivity contribution in [2.75, 3.05) is 12.8 Å². The maximum atomic E-state index is 14.0. The number of aliphatic hydroxyl groups is 2. The molecule has 0 spiro atoms. The van der Waals surface area contributed by atoms with Gasteiger partial charge in [0.1, 0.15) is 47.0 Å². The molecule has 1 aliphatic rings. The SMILES string of the molecule is COC(=O)[C@@H](C)NP(=O)(Oc1ccccc1)OC(C)(C)[C@H]1O[C@@H](n2cnc3c(N)ncnc32)[C@](C)(O)[C@@H]1O. The average Bonchev–Trinajstić information content (AvgIpc) is 3.37. The molecule has 0 amide bonds. The number of nitrogens with one attached hydrogen (secondary N) is 1. The molecule has 3 heterocycles. The molecule has 1 aliphatic heterocycles. The van der Waals surface area contributed by atoms with Crippen LogP contribution in [0.4, 0.5) is 5.82 Å². The van der Waals surface area contributed by atoms with E-state index in [1.54, 1.807) is 30.3 Å². The molecule has 1 aromatic carbocycles. The number of aliphatic hydroxyl groups excluding tert-OH is 1. The summed E-state index contributed by atoms with van der Waals surface area (Å²) in [7, 11) is -3.12. The largest absolute Gasteiger partial charge is 0.468 e. The second-order valence-corrected chi connectivity index (χ2v) is 11.3. The van der Waals surface area contributed by atoms with Crippen molar-refractivity contribution in [3.63, 3.8) is 0 Å². The smallest absolute Gasteiger partial charge is 0.460 e. The van der Waals surface area contributed by atoms with Crippen LogP contribution in [0.25, 0.3) is 11.2 Å². The molecule has 206 valence electrons. The van der Waals surface area contributed by atoms with E-state index in [2.05, 4.69) is 20.0 Å². The fraction of sp³-hybridized carbons (Fsp3) is 0.478. The van der Waals surface area contributed by atoms with Crippen LogP contribution in [0.1, 0.15) is 33.9 Å². The van der Waals surface area contributed by atoms with Gasteiger partial charge in [-0.2, -0.15) is 5.09 Å². The Morgan fingerprint density at radius 1 is 1.29 bits per heavy atom. The van der Waals surface area contributed by atoms with E-state index < -0.39 is 49.4 Å². The van der Waals surface area contributed by atoms with Gasteiger partial charge < -0.3 is 29.9 Å². The Morgan fingerprint density at radius 3 is 2.63 bits per heavy atom. The second kappa shape index (κ2) is 10.2. The lowest BCUT2D eigenvalue weighted by Crippen LogP contribution is -2.51. The number of carbonyl (C=O) groups is 1. The summed E-state index contributed by atoms with van der Waals surface area (Å²) < 4.78 is 37.9. The highest BCUT2D eigenvalue weighted by molar-refractivity contribution is 7.52. The quantitative estimate of drug-likeness (QED) is 0.222. The molecule has 14 nitrogen and oxygen atoms in total. The van der Waals surface area contributed by atoms with Gasteiger partial charge in [0.15, 0.2) is 17.7 Å². The third-order valence-corrected chi connectivity index (χ3v) is 8.08. The van der Waals surface area contributed by atoms with E-state index >= 15 is 0 Å². The fourth-order valence-electron chi connectivity index (χ4n) is 4.26. The average molecular weight is 551 g/mol. The first-order chi connectivity index (χ1) is 17.8. The van der Waals surface area contributed by atoms with Crippen molar-refractivity contribution >= 4 is 30.7 Å². The van der Waals surface area contributed by atoms with E-state index in [1.807, 2.05) is 0 Å². The zero-order chi connectivity index (χ0) is 27.9. The van der Waals surface area contributed by atoms with Gasteiger partial charge in [-0.05, 0) is 39.8 Å². The predicted octanol–water partition coefficient (Wildman–Crippen LogP) is 1.55. The Balaban J connectivity index is 1.65. The van der Waals surface area contributed by atoms with Crippen LogP contribution in [0, 0.1) is 0 Å². The van der Waals surface area contributed by atoms with Gasteiger partial charge in [-0.25, -0.2) is 19.5 Å². The number of anilines is 1. The van der Waals surface area contributed by atoms with Crippen LogP contribution in [-0.2, 0) is 23.4 Å². The number of rotatable bonds is 9. The van der Waals surface area contributed by atoms with E-state index in [1.165, 1.54) is 52.0 Å². The molecule has 1 saturated heterocycles. The number of nitrogen functional groups attached to an aromatic ring is 1. The maximum Gasteiger partial charge on any atom is 0.460 e. The number of methoxy groups -OCH3 is 1. The van der Waals surface area contributed by atoms with Gasteiger partial charge in [0.05, 0.1) is 13.4 Å². The van der Waals surface area contributed by atoms with Gasteiger partial charge in [0.25, 0.3) is 0 Å². The van der Waals surface area contributed by atoms with E-state index in [-0.39, 0.29) is 17.2 Å². The van der Waals surface area contributed by atoms with Crippen molar-refractivity contribution in [2.45, 2.75) is 63.4 Å². The van der Waals surface area contributed by atoms with Gasteiger partial charge in [-0.1, -0.05) is 18.2 Å². The lowest BCUT2D eigenvalue weighted by atomic mass is 9.89. The monoisotopic (exact) mass is 550 g/mol. The number of nitrogens with zero attached hydrogens (tertiary/aromatic N) is 4. The molecule has 3 aromatic rings. The van der Waals surface area contributed by atoms with E-state index in [4.69, 9.17) is 24.3 Å². The van der Waals surface area contributed by atoms with Crippen molar-refractivity contribution in [3.8, 4) is 5.75 Å². The summed E-state index contributed by atoms with van der Waals surface area (Å²) in [5.74, 6) is -0.357. The number of para-hydroxylation sites is 1. The molecule has 0 saturated carbocycles. The van der Waals surface area contributed by atoms with Gasteiger partial charge >= 0.3 is 13.7 Å². The first-order valence-corrected chi connectivity index (χ1v) is 13.2. The Kier molecular flexibility index (Phi) is 7.49. The zero-order valence-electron chi connectivity index (χ0n) is 21.5. The van der Waals surface area contributed by atoms with Crippen LogP contribution in [0.3, 0.4) is 0 Å². The molecule has 1 fully saturated rings. The number of fused-ring (bicyclic) bond motifs is 1. The third-order valence-electron chi connectivity index (χ3n) is 6.22. The van der Waals surface area contributed by atoms with Crippen LogP contribution < -0.4 is 15.3 Å². The first kappa shape index (κ1) is 27.9. The number of aromatic nitrogens is 4. The van der Waals surface area contributed by atoms with Crippen LogP contribution >= 0.6 is 7.75 Å². The van der Waals surface area contributed by atoms with Crippen LogP contribution in [-0.4, -0.2) is 72.3 Å². The van der Waals surface area contributed by atoms with E-state index in [0.29, 0.717) is 5.52 Å². The Morgan fingerprint density at radius 2 is 1.97 bits per heavy atom. The number of nitrogens with two attached hydrogens (primary N) is 1. The molecular formula is C23H31N6O8P. The number of esters is 1. The molecule has 0 radical (unpaired) electrons. The van der Waals surface area contributed by atoms with Gasteiger partial charge in [-0.15, -0.1) is 0 Å². The lowest BCUT2D eigenvalue weighted by Gasteiger charge is -2.36. The predicted molar refractivity (Wildman–Crippen MR) is 135 cm³/mol. The topological polar surface area (TPSA) is 193 Å². The maximum absolute atomic E-state index is 14.0. The van der Waals surface area contributed by atoms with Crippen molar-refractivity contribution < 1.29 is 38.1 Å². The molecule has 5 N–H and O–H groups in total. The van der Waals surface area contributed by atoms with Crippen molar-refractivity contribution in [1.29, 1.82) is 0 Å². The molecule has 4 rings (SSSR count). The minimum atomic E-state index is -4.31. The molecule has 1 unspecified atom stereocenters. The molecular weight excluding hydrogens is 519 g/mol.